The minimum Gasteiger partial charge on any atom is -0.454 e. The van der Waals surface area contributed by atoms with Crippen molar-refractivity contribution in [2.24, 2.45) is 0 Å². The second-order valence-electron chi connectivity index (χ2n) is 6.75. The zero-order valence-electron chi connectivity index (χ0n) is 16.9. The molecule has 1 aromatic heterocycles. The topological polar surface area (TPSA) is 120 Å². The molecule has 1 amide bonds. The number of amides is 1. The van der Waals surface area contributed by atoms with Crippen LogP contribution in [0.3, 0.4) is 0 Å². The molecule has 0 spiro atoms. The average Bonchev–Trinajstić information content (AvgIpc) is 3.45. The van der Waals surface area contributed by atoms with Gasteiger partial charge >= 0.3 is 5.97 Å². The van der Waals surface area contributed by atoms with Crippen molar-refractivity contribution in [1.82, 2.24) is 5.32 Å². The number of carbonyl (C=O) groups excluding carboxylic acids is 2. The highest BCUT2D eigenvalue weighted by molar-refractivity contribution is 9.11. The van der Waals surface area contributed by atoms with Gasteiger partial charge in [-0.15, -0.1) is 11.3 Å². The Morgan fingerprint density at radius 2 is 1.85 bits per heavy atom. The van der Waals surface area contributed by atoms with Crippen molar-refractivity contribution in [1.29, 1.82) is 0 Å². The van der Waals surface area contributed by atoms with Gasteiger partial charge in [-0.2, -0.15) is 0 Å². The molecule has 2 aromatic carbocycles. The van der Waals surface area contributed by atoms with E-state index in [0.29, 0.717) is 15.3 Å². The van der Waals surface area contributed by atoms with Gasteiger partial charge in [-0.1, -0.05) is 18.2 Å². The van der Waals surface area contributed by atoms with Crippen LogP contribution in [0.5, 0.6) is 11.5 Å². The number of rotatable bonds is 8. The number of hydrogen-bond acceptors (Lipinski definition) is 8. The summed E-state index contributed by atoms with van der Waals surface area (Å²) < 4.78 is 43.9. The standard InChI is InChI=1S/C21H17BrN2O7S2/c22-18-7-8-20(32-18)33(27,28)24-15-4-2-1-3-14(15)21(26)29-11-19(25)23-10-13-5-6-16-17(9-13)31-12-30-16/h1-9,24H,10-12H2,(H,23,25). The van der Waals surface area contributed by atoms with Crippen LogP contribution in [-0.2, 0) is 26.1 Å². The van der Waals surface area contributed by atoms with Crippen molar-refractivity contribution < 1.29 is 32.2 Å². The number of para-hydroxylation sites is 1. The average molecular weight is 553 g/mol. The quantitative estimate of drug-likeness (QED) is 0.410. The number of benzene rings is 2. The molecule has 33 heavy (non-hydrogen) atoms. The second-order valence-corrected chi connectivity index (χ2v) is 11.1. The van der Waals surface area contributed by atoms with Crippen LogP contribution in [0, 0.1) is 0 Å². The van der Waals surface area contributed by atoms with E-state index in [1.165, 1.54) is 18.2 Å². The van der Waals surface area contributed by atoms with Crippen LogP contribution in [0.25, 0.3) is 0 Å². The number of sulfonamides is 1. The van der Waals surface area contributed by atoms with Crippen LogP contribution in [0.1, 0.15) is 15.9 Å². The Kier molecular flexibility index (Phi) is 6.86. The molecule has 0 fully saturated rings. The van der Waals surface area contributed by atoms with Crippen molar-refractivity contribution in [2.75, 3.05) is 18.1 Å². The first-order valence-corrected chi connectivity index (χ1v) is 12.6. The van der Waals surface area contributed by atoms with E-state index >= 15 is 0 Å². The molecule has 9 nitrogen and oxygen atoms in total. The summed E-state index contributed by atoms with van der Waals surface area (Å²) in [7, 11) is -3.89. The maximum atomic E-state index is 12.6. The molecular formula is C21H17BrN2O7S2. The summed E-state index contributed by atoms with van der Waals surface area (Å²) in [5.41, 5.74) is 0.826. The van der Waals surface area contributed by atoms with E-state index in [-0.39, 0.29) is 28.8 Å². The van der Waals surface area contributed by atoms with Crippen LogP contribution in [0.2, 0.25) is 0 Å². The first kappa shape index (κ1) is 23.1. The fourth-order valence-electron chi connectivity index (χ4n) is 2.90. The maximum Gasteiger partial charge on any atom is 0.340 e. The molecule has 0 radical (unpaired) electrons. The molecule has 2 heterocycles. The largest absolute Gasteiger partial charge is 0.454 e. The van der Waals surface area contributed by atoms with Crippen molar-refractivity contribution in [3.8, 4) is 11.5 Å². The molecule has 0 aliphatic carbocycles. The minimum absolute atomic E-state index is 0.0136. The van der Waals surface area contributed by atoms with E-state index < -0.39 is 28.5 Å². The molecule has 0 atom stereocenters. The summed E-state index contributed by atoms with van der Waals surface area (Å²) in [6.07, 6.45) is 0. The zero-order valence-corrected chi connectivity index (χ0v) is 20.1. The van der Waals surface area contributed by atoms with E-state index in [0.717, 1.165) is 16.9 Å². The van der Waals surface area contributed by atoms with Crippen LogP contribution < -0.4 is 19.5 Å². The lowest BCUT2D eigenvalue weighted by molar-refractivity contribution is -0.124. The van der Waals surface area contributed by atoms with Gasteiger partial charge in [0.05, 0.1) is 15.0 Å². The van der Waals surface area contributed by atoms with Crippen molar-refractivity contribution in [3.63, 3.8) is 0 Å². The second kappa shape index (κ2) is 9.81. The number of anilines is 1. The molecule has 3 aromatic rings. The molecule has 2 N–H and O–H groups in total. The maximum absolute atomic E-state index is 12.6. The first-order valence-electron chi connectivity index (χ1n) is 9.51. The van der Waals surface area contributed by atoms with Crippen LogP contribution >= 0.6 is 27.3 Å². The lowest BCUT2D eigenvalue weighted by Crippen LogP contribution is -2.28. The van der Waals surface area contributed by atoms with E-state index in [1.54, 1.807) is 36.4 Å². The molecule has 0 unspecified atom stereocenters. The van der Waals surface area contributed by atoms with Gasteiger partial charge in [-0.05, 0) is 57.9 Å². The molecule has 0 saturated carbocycles. The third kappa shape index (κ3) is 5.64. The van der Waals surface area contributed by atoms with Crippen LogP contribution in [-0.4, -0.2) is 33.7 Å². The summed E-state index contributed by atoms with van der Waals surface area (Å²) in [4.78, 5) is 24.7. The highest BCUT2D eigenvalue weighted by Crippen LogP contribution is 2.32. The number of nitrogens with one attached hydrogen (secondary N) is 2. The summed E-state index contributed by atoms with van der Waals surface area (Å²) in [5, 5.41) is 2.65. The highest BCUT2D eigenvalue weighted by atomic mass is 79.9. The molecule has 0 bridgehead atoms. The number of ether oxygens (including phenoxy) is 3. The lowest BCUT2D eigenvalue weighted by Gasteiger charge is -2.12. The van der Waals surface area contributed by atoms with Gasteiger partial charge in [0.1, 0.15) is 4.21 Å². The van der Waals surface area contributed by atoms with Crippen LogP contribution in [0.4, 0.5) is 5.69 Å². The van der Waals surface area contributed by atoms with Gasteiger partial charge in [-0.25, -0.2) is 13.2 Å². The summed E-state index contributed by atoms with van der Waals surface area (Å²) >= 11 is 4.26. The Morgan fingerprint density at radius 1 is 1.06 bits per heavy atom. The van der Waals surface area contributed by atoms with Gasteiger partial charge in [0, 0.05) is 6.54 Å². The minimum atomic E-state index is -3.89. The van der Waals surface area contributed by atoms with Crippen molar-refractivity contribution in [3.05, 3.63) is 69.5 Å². The van der Waals surface area contributed by atoms with E-state index in [9.17, 15) is 18.0 Å². The third-order valence-electron chi connectivity index (χ3n) is 4.47. The predicted molar refractivity (Wildman–Crippen MR) is 124 cm³/mol. The molecule has 12 heteroatoms. The molecular weight excluding hydrogens is 536 g/mol. The number of hydrogen-bond donors (Lipinski definition) is 2. The van der Waals surface area contributed by atoms with Crippen molar-refractivity contribution >= 4 is 54.9 Å². The Hall–Kier alpha value is -3.09. The molecule has 1 aliphatic rings. The summed E-state index contributed by atoms with van der Waals surface area (Å²) in [6.45, 7) is -0.161. The monoisotopic (exact) mass is 552 g/mol. The van der Waals surface area contributed by atoms with Crippen molar-refractivity contribution in [2.45, 2.75) is 10.8 Å². The van der Waals surface area contributed by atoms with Gasteiger partial charge < -0.3 is 19.5 Å². The molecule has 4 rings (SSSR count). The Bertz CT molecular complexity index is 1310. The van der Waals surface area contributed by atoms with Gasteiger partial charge in [0.2, 0.25) is 6.79 Å². The normalized spacial score (nSPS) is 12.3. The fourth-order valence-corrected chi connectivity index (χ4v) is 5.99. The van der Waals surface area contributed by atoms with E-state index in [4.69, 9.17) is 14.2 Å². The Labute approximate surface area is 201 Å². The predicted octanol–water partition coefficient (Wildman–Crippen LogP) is 3.51. The zero-order chi connectivity index (χ0) is 23.4. The highest BCUT2D eigenvalue weighted by Gasteiger charge is 2.21. The van der Waals surface area contributed by atoms with Gasteiger partial charge in [0.15, 0.2) is 18.1 Å². The van der Waals surface area contributed by atoms with Gasteiger partial charge in [0.25, 0.3) is 15.9 Å². The van der Waals surface area contributed by atoms with E-state index in [1.807, 2.05) is 0 Å². The summed E-state index contributed by atoms with van der Waals surface area (Å²) in [6, 6.07) is 14.3. The third-order valence-corrected chi connectivity index (χ3v) is 7.95. The number of esters is 1. The molecule has 0 saturated heterocycles. The fraction of sp³-hybridized carbons (Fsp3) is 0.143. The SMILES string of the molecule is O=C(COC(=O)c1ccccc1NS(=O)(=O)c1ccc(Br)s1)NCc1ccc2c(c1)OCO2. The smallest absolute Gasteiger partial charge is 0.340 e. The molecule has 172 valence electrons. The Morgan fingerprint density at radius 3 is 2.64 bits per heavy atom. The first-order chi connectivity index (χ1) is 15.8. The number of thiophene rings is 1. The number of fused-ring (bicyclic) bond motifs is 1. The van der Waals surface area contributed by atoms with Crippen LogP contribution in [0.15, 0.2) is 62.6 Å². The molecule has 1 aliphatic heterocycles. The number of carbonyl (C=O) groups is 2. The summed E-state index contributed by atoms with van der Waals surface area (Å²) in [5.74, 6) is -0.108. The lowest BCUT2D eigenvalue weighted by atomic mass is 10.2. The number of halogens is 1. The van der Waals surface area contributed by atoms with Gasteiger partial charge in [-0.3, -0.25) is 9.52 Å². The Balaban J connectivity index is 1.34. The van der Waals surface area contributed by atoms with E-state index in [2.05, 4.69) is 26.0 Å².